The summed E-state index contributed by atoms with van der Waals surface area (Å²) in [7, 11) is 5.50. The van der Waals surface area contributed by atoms with Gasteiger partial charge in [-0.1, -0.05) is 135 Å². The van der Waals surface area contributed by atoms with Crippen LogP contribution in [0, 0.1) is 0 Å². The summed E-state index contributed by atoms with van der Waals surface area (Å²) in [5, 5.41) is 0. The van der Waals surface area contributed by atoms with E-state index in [1.54, 1.807) is 0 Å². The molecule has 0 saturated carbocycles. The average Bonchev–Trinajstić information content (AvgIpc) is 2.82. The van der Waals surface area contributed by atoms with Crippen molar-refractivity contribution in [1.82, 2.24) is 0 Å². The zero-order chi connectivity index (χ0) is 21.6. The Morgan fingerprint density at radius 1 is 0.367 bits per heavy atom. The van der Waals surface area contributed by atoms with Gasteiger partial charge in [-0.05, 0) is 33.6 Å². The Labute approximate surface area is 187 Å². The Balaban J connectivity index is 0.000000171. The first-order valence-electron chi connectivity index (χ1n) is 10.3. The first-order valence-corrected chi connectivity index (χ1v) is 11.6. The van der Waals surface area contributed by atoms with E-state index in [0.29, 0.717) is 0 Å². The van der Waals surface area contributed by atoms with Crippen molar-refractivity contribution in [3.63, 3.8) is 0 Å². The highest BCUT2D eigenvalue weighted by molar-refractivity contribution is 7.23. The van der Waals surface area contributed by atoms with E-state index in [0.717, 1.165) is 11.3 Å². The van der Waals surface area contributed by atoms with Crippen LogP contribution in [0.15, 0.2) is 121 Å². The van der Waals surface area contributed by atoms with E-state index in [2.05, 4.69) is 129 Å². The van der Waals surface area contributed by atoms with E-state index in [4.69, 9.17) is 0 Å². The van der Waals surface area contributed by atoms with Crippen LogP contribution in [0.25, 0.3) is 22.3 Å². The van der Waals surface area contributed by atoms with E-state index >= 15 is 0 Å². The fourth-order valence-corrected chi connectivity index (χ4v) is 2.52. The Kier molecular flexibility index (Phi) is 11.1. The Bertz CT molecular complexity index is 763. The molecule has 0 nitrogen and oxygen atoms in total. The lowest BCUT2D eigenvalue weighted by Crippen LogP contribution is -2.01. The lowest BCUT2D eigenvalue weighted by Gasteiger charge is -2.05. The van der Waals surface area contributed by atoms with Gasteiger partial charge >= 0.3 is 0 Å². The quantitative estimate of drug-likeness (QED) is 0.287. The van der Waals surface area contributed by atoms with Gasteiger partial charge in [-0.25, -0.2) is 0 Å². The number of rotatable bonds is 3. The van der Waals surface area contributed by atoms with Crippen molar-refractivity contribution in [3.8, 4) is 22.3 Å². The fourth-order valence-electron chi connectivity index (χ4n) is 2.52. The average molecular weight is 431 g/mol. The molecule has 0 saturated heterocycles. The standard InChI is InChI=1S/2C12H10.C4H12P2/c2*1-3-7-11(8-4-1)12-9-5-2-6-10-12;1-3(5)4(2)6/h2*1-10H;3-4H,5-6H2,1-2H3. The second-order valence-corrected chi connectivity index (χ2v) is 9.29. The molecule has 0 bridgehead atoms. The highest BCUT2D eigenvalue weighted by atomic mass is 31.0. The van der Waals surface area contributed by atoms with E-state index in [1.807, 2.05) is 24.3 Å². The molecule has 0 aliphatic carbocycles. The van der Waals surface area contributed by atoms with Gasteiger partial charge in [0.2, 0.25) is 0 Å². The maximum Gasteiger partial charge on any atom is -0.0184 e. The molecule has 0 radical (unpaired) electrons. The van der Waals surface area contributed by atoms with Gasteiger partial charge in [-0.2, -0.15) is 0 Å². The summed E-state index contributed by atoms with van der Waals surface area (Å²) < 4.78 is 0. The van der Waals surface area contributed by atoms with Gasteiger partial charge in [-0.15, -0.1) is 18.5 Å². The maximum absolute atomic E-state index is 2.75. The molecule has 4 aromatic rings. The molecule has 0 aromatic heterocycles. The summed E-state index contributed by atoms with van der Waals surface area (Å²) in [5.74, 6) is 0. The van der Waals surface area contributed by atoms with E-state index < -0.39 is 0 Å². The normalized spacial score (nSPS) is 11.7. The number of hydrogen-bond acceptors (Lipinski definition) is 0. The Hall–Kier alpha value is -2.26. The Morgan fingerprint density at radius 3 is 0.667 bits per heavy atom. The molecule has 0 spiro atoms. The molecule has 0 heterocycles. The van der Waals surface area contributed by atoms with Gasteiger partial charge in [0.25, 0.3) is 0 Å². The third-order valence-electron chi connectivity index (χ3n) is 4.59. The molecular formula is C28H32P2. The molecule has 0 aliphatic rings. The summed E-state index contributed by atoms with van der Waals surface area (Å²) in [4.78, 5) is 0. The summed E-state index contributed by atoms with van der Waals surface area (Å²) in [6.07, 6.45) is 0. The van der Waals surface area contributed by atoms with E-state index in [-0.39, 0.29) is 0 Å². The first-order chi connectivity index (χ1) is 14.6. The molecule has 4 atom stereocenters. The van der Waals surface area contributed by atoms with Gasteiger partial charge in [0.15, 0.2) is 0 Å². The molecule has 4 aromatic carbocycles. The van der Waals surface area contributed by atoms with Crippen LogP contribution in [0.1, 0.15) is 13.8 Å². The molecule has 2 heteroatoms. The molecule has 0 N–H and O–H groups in total. The van der Waals surface area contributed by atoms with E-state index in [1.165, 1.54) is 22.3 Å². The van der Waals surface area contributed by atoms with Gasteiger partial charge in [-0.3, -0.25) is 0 Å². The molecule has 4 unspecified atom stereocenters. The minimum absolute atomic E-state index is 0.731. The minimum Gasteiger partial charge on any atom is -0.134 e. The van der Waals surface area contributed by atoms with Crippen LogP contribution in [-0.4, -0.2) is 11.3 Å². The molecular weight excluding hydrogens is 398 g/mol. The van der Waals surface area contributed by atoms with Crippen LogP contribution < -0.4 is 0 Å². The summed E-state index contributed by atoms with van der Waals surface area (Å²) in [5.41, 5.74) is 6.57. The zero-order valence-corrected chi connectivity index (χ0v) is 20.2. The van der Waals surface area contributed by atoms with Crippen molar-refractivity contribution < 1.29 is 0 Å². The highest BCUT2D eigenvalue weighted by Crippen LogP contribution is 2.18. The van der Waals surface area contributed by atoms with Crippen LogP contribution in [0.2, 0.25) is 0 Å². The largest absolute Gasteiger partial charge is 0.134 e. The number of benzene rings is 4. The van der Waals surface area contributed by atoms with Crippen molar-refractivity contribution in [2.75, 3.05) is 0 Å². The second-order valence-electron chi connectivity index (χ2n) is 7.18. The smallest absolute Gasteiger partial charge is 0.0184 e. The third kappa shape index (κ3) is 9.04. The monoisotopic (exact) mass is 430 g/mol. The van der Waals surface area contributed by atoms with Crippen LogP contribution in [0.4, 0.5) is 0 Å². The Morgan fingerprint density at radius 2 is 0.533 bits per heavy atom. The minimum atomic E-state index is 0.731. The SMILES string of the molecule is CC(P)C(C)P.c1ccc(-c2ccccc2)cc1.c1ccc(-c2ccccc2)cc1. The van der Waals surface area contributed by atoms with Crippen LogP contribution in [0.5, 0.6) is 0 Å². The van der Waals surface area contributed by atoms with Crippen LogP contribution >= 0.6 is 18.5 Å². The number of hydrogen-bond donors (Lipinski definition) is 0. The molecule has 4 rings (SSSR count). The zero-order valence-electron chi connectivity index (χ0n) is 17.9. The topological polar surface area (TPSA) is 0 Å². The predicted octanol–water partition coefficient (Wildman–Crippen LogP) is 8.22. The van der Waals surface area contributed by atoms with Crippen molar-refractivity contribution >= 4 is 18.5 Å². The second kappa shape index (κ2) is 13.9. The van der Waals surface area contributed by atoms with E-state index in [9.17, 15) is 0 Å². The van der Waals surface area contributed by atoms with Gasteiger partial charge < -0.3 is 0 Å². The van der Waals surface area contributed by atoms with Crippen molar-refractivity contribution in [2.45, 2.75) is 25.2 Å². The van der Waals surface area contributed by atoms with Crippen LogP contribution in [0.3, 0.4) is 0 Å². The van der Waals surface area contributed by atoms with Crippen molar-refractivity contribution in [1.29, 1.82) is 0 Å². The van der Waals surface area contributed by atoms with Gasteiger partial charge in [0.1, 0.15) is 0 Å². The predicted molar refractivity (Wildman–Crippen MR) is 142 cm³/mol. The molecule has 0 amide bonds. The molecule has 30 heavy (non-hydrogen) atoms. The van der Waals surface area contributed by atoms with Gasteiger partial charge in [0, 0.05) is 0 Å². The van der Waals surface area contributed by atoms with Crippen molar-refractivity contribution in [2.24, 2.45) is 0 Å². The molecule has 154 valence electrons. The molecule has 0 aliphatic heterocycles. The fraction of sp³-hybridized carbons (Fsp3) is 0.143. The summed E-state index contributed by atoms with van der Waals surface area (Å²) in [6.45, 7) is 4.37. The summed E-state index contributed by atoms with van der Waals surface area (Å²) >= 11 is 0. The third-order valence-corrected chi connectivity index (χ3v) is 6.25. The lowest BCUT2D eigenvalue weighted by atomic mass is 10.1. The summed E-state index contributed by atoms with van der Waals surface area (Å²) in [6, 6.07) is 41.6. The van der Waals surface area contributed by atoms with Crippen molar-refractivity contribution in [3.05, 3.63) is 121 Å². The van der Waals surface area contributed by atoms with Gasteiger partial charge in [0.05, 0.1) is 0 Å². The first kappa shape index (κ1) is 24.0. The molecule has 0 fully saturated rings. The lowest BCUT2D eigenvalue weighted by molar-refractivity contribution is 0.930. The maximum atomic E-state index is 2.75. The highest BCUT2D eigenvalue weighted by Gasteiger charge is 1.96. The van der Waals surface area contributed by atoms with Crippen LogP contribution in [-0.2, 0) is 0 Å².